The van der Waals surface area contributed by atoms with Gasteiger partial charge in [-0.2, -0.15) is 0 Å². The van der Waals surface area contributed by atoms with E-state index >= 15 is 0 Å². The van der Waals surface area contributed by atoms with E-state index in [2.05, 4.69) is 13.3 Å². The van der Waals surface area contributed by atoms with E-state index in [1.165, 1.54) is 32.1 Å². The minimum Gasteiger partial charge on any atom is -0.378 e. The summed E-state index contributed by atoms with van der Waals surface area (Å²) in [6.07, 6.45) is 9.18. The summed E-state index contributed by atoms with van der Waals surface area (Å²) in [5.41, 5.74) is 0. The second-order valence-electron chi connectivity index (χ2n) is 2.93. The lowest BCUT2D eigenvalue weighted by molar-refractivity contribution is 0.131. The molecule has 0 aromatic rings. The van der Waals surface area contributed by atoms with Crippen LogP contribution < -0.4 is 0 Å². The molecule has 1 fully saturated rings. The van der Waals surface area contributed by atoms with Gasteiger partial charge in [-0.05, 0) is 25.7 Å². The molecule has 1 aliphatic heterocycles. The van der Waals surface area contributed by atoms with E-state index in [4.69, 9.17) is 4.74 Å². The van der Waals surface area contributed by atoms with Crippen molar-refractivity contribution in [1.29, 1.82) is 0 Å². The van der Waals surface area contributed by atoms with Gasteiger partial charge in [-0.25, -0.2) is 0 Å². The highest BCUT2D eigenvalue weighted by molar-refractivity contribution is 4.79. The van der Waals surface area contributed by atoms with Gasteiger partial charge in [-0.15, -0.1) is 0 Å². The van der Waals surface area contributed by atoms with Crippen molar-refractivity contribution in [3.05, 3.63) is 6.42 Å². The molecule has 1 nitrogen and oxygen atoms in total. The second-order valence-corrected chi connectivity index (χ2v) is 2.93. The Labute approximate surface area is 63.8 Å². The third kappa shape index (κ3) is 2.70. The van der Waals surface area contributed by atoms with Crippen LogP contribution in [0.1, 0.15) is 39.0 Å². The van der Waals surface area contributed by atoms with Gasteiger partial charge in [0.2, 0.25) is 0 Å². The minimum absolute atomic E-state index is 0.492. The predicted molar refractivity (Wildman–Crippen MR) is 42.8 cm³/mol. The lowest BCUT2D eigenvalue weighted by Crippen LogP contribution is -2.04. The zero-order chi connectivity index (χ0) is 7.23. The SMILES string of the molecule is CCCC[CH][C@H]1CCCO1. The van der Waals surface area contributed by atoms with Gasteiger partial charge in [0.25, 0.3) is 0 Å². The molecule has 1 radical (unpaired) electrons. The van der Waals surface area contributed by atoms with Crippen molar-refractivity contribution >= 4 is 0 Å². The Morgan fingerprint density at radius 1 is 1.60 bits per heavy atom. The molecule has 1 rings (SSSR count). The largest absolute Gasteiger partial charge is 0.378 e. The highest BCUT2D eigenvalue weighted by atomic mass is 16.5. The van der Waals surface area contributed by atoms with E-state index < -0.39 is 0 Å². The van der Waals surface area contributed by atoms with Crippen LogP contribution in [0.3, 0.4) is 0 Å². The van der Waals surface area contributed by atoms with Crippen LogP contribution in [0.2, 0.25) is 0 Å². The fourth-order valence-electron chi connectivity index (χ4n) is 1.30. The molecule has 0 saturated carbocycles. The smallest absolute Gasteiger partial charge is 0.0607 e. The zero-order valence-electron chi connectivity index (χ0n) is 6.81. The van der Waals surface area contributed by atoms with Crippen molar-refractivity contribution in [2.24, 2.45) is 0 Å². The summed E-state index contributed by atoms with van der Waals surface area (Å²) in [5, 5.41) is 0. The number of hydrogen-bond acceptors (Lipinski definition) is 1. The molecular formula is C9H17O. The van der Waals surface area contributed by atoms with E-state index in [9.17, 15) is 0 Å². The summed E-state index contributed by atoms with van der Waals surface area (Å²) >= 11 is 0. The molecule has 0 aliphatic carbocycles. The standard InChI is InChI=1S/C9H17O/c1-2-3-4-6-9-7-5-8-10-9/h6,9H,2-5,7-8H2,1H3/t9-/m0/s1. The van der Waals surface area contributed by atoms with Crippen LogP contribution in [0.25, 0.3) is 0 Å². The molecule has 0 bridgehead atoms. The predicted octanol–water partition coefficient (Wildman–Crippen LogP) is 2.56. The lowest BCUT2D eigenvalue weighted by atomic mass is 10.1. The fraction of sp³-hybridized carbons (Fsp3) is 0.889. The van der Waals surface area contributed by atoms with Crippen molar-refractivity contribution in [3.63, 3.8) is 0 Å². The van der Waals surface area contributed by atoms with Crippen LogP contribution in [0, 0.1) is 6.42 Å². The molecule has 1 heterocycles. The summed E-state index contributed by atoms with van der Waals surface area (Å²) in [4.78, 5) is 0. The third-order valence-electron chi connectivity index (χ3n) is 1.95. The van der Waals surface area contributed by atoms with E-state index in [0.29, 0.717) is 6.10 Å². The van der Waals surface area contributed by atoms with Gasteiger partial charge in [-0.3, -0.25) is 0 Å². The average Bonchev–Trinajstić information content (AvgIpc) is 2.41. The maximum Gasteiger partial charge on any atom is 0.0607 e. The molecule has 59 valence electrons. The average molecular weight is 141 g/mol. The molecular weight excluding hydrogens is 124 g/mol. The maximum atomic E-state index is 5.44. The monoisotopic (exact) mass is 141 g/mol. The summed E-state index contributed by atoms with van der Waals surface area (Å²) in [6.45, 7) is 3.20. The maximum absolute atomic E-state index is 5.44. The Balaban J connectivity index is 1.91. The van der Waals surface area contributed by atoms with Crippen LogP contribution >= 0.6 is 0 Å². The van der Waals surface area contributed by atoms with Crippen LogP contribution in [0.4, 0.5) is 0 Å². The van der Waals surface area contributed by atoms with Crippen LogP contribution in [0.15, 0.2) is 0 Å². The Kier molecular flexibility index (Phi) is 3.81. The summed E-state index contributed by atoms with van der Waals surface area (Å²) in [7, 11) is 0. The first-order valence-electron chi connectivity index (χ1n) is 4.38. The molecule has 10 heavy (non-hydrogen) atoms. The van der Waals surface area contributed by atoms with Crippen molar-refractivity contribution in [3.8, 4) is 0 Å². The van der Waals surface area contributed by atoms with Crippen LogP contribution in [-0.4, -0.2) is 12.7 Å². The number of rotatable bonds is 4. The lowest BCUT2D eigenvalue weighted by Gasteiger charge is -2.06. The molecule has 0 amide bonds. The molecule has 0 unspecified atom stereocenters. The summed E-state index contributed by atoms with van der Waals surface area (Å²) in [5.74, 6) is 0. The first kappa shape index (κ1) is 8.06. The molecule has 0 spiro atoms. The van der Waals surface area contributed by atoms with Gasteiger partial charge in [-0.1, -0.05) is 19.8 Å². The van der Waals surface area contributed by atoms with Gasteiger partial charge in [0.05, 0.1) is 6.10 Å². The zero-order valence-corrected chi connectivity index (χ0v) is 6.81. The fourth-order valence-corrected chi connectivity index (χ4v) is 1.30. The third-order valence-corrected chi connectivity index (χ3v) is 1.95. The van der Waals surface area contributed by atoms with Crippen molar-refractivity contribution < 1.29 is 4.74 Å². The first-order valence-corrected chi connectivity index (χ1v) is 4.38. The van der Waals surface area contributed by atoms with E-state index in [0.717, 1.165) is 6.61 Å². The van der Waals surface area contributed by atoms with E-state index in [-0.39, 0.29) is 0 Å². The molecule has 1 heteroatoms. The highest BCUT2D eigenvalue weighted by Gasteiger charge is 2.14. The van der Waals surface area contributed by atoms with Gasteiger partial charge in [0.1, 0.15) is 0 Å². The van der Waals surface area contributed by atoms with Crippen molar-refractivity contribution in [2.75, 3.05) is 6.61 Å². The first-order chi connectivity index (χ1) is 4.93. The molecule has 0 aromatic carbocycles. The summed E-state index contributed by atoms with van der Waals surface area (Å²) in [6, 6.07) is 0. The van der Waals surface area contributed by atoms with Gasteiger partial charge in [0, 0.05) is 6.61 Å². The topological polar surface area (TPSA) is 9.23 Å². The second kappa shape index (κ2) is 4.73. The van der Waals surface area contributed by atoms with Crippen molar-refractivity contribution in [1.82, 2.24) is 0 Å². The molecule has 0 N–H and O–H groups in total. The van der Waals surface area contributed by atoms with Crippen LogP contribution in [-0.2, 0) is 4.74 Å². The number of unbranched alkanes of at least 4 members (excludes halogenated alkanes) is 2. The van der Waals surface area contributed by atoms with Crippen molar-refractivity contribution in [2.45, 2.75) is 45.1 Å². The van der Waals surface area contributed by atoms with Crippen LogP contribution in [0.5, 0.6) is 0 Å². The summed E-state index contributed by atoms with van der Waals surface area (Å²) < 4.78 is 5.44. The highest BCUT2D eigenvalue weighted by Crippen LogP contribution is 2.16. The Morgan fingerprint density at radius 2 is 2.50 bits per heavy atom. The molecule has 1 atom stereocenters. The van der Waals surface area contributed by atoms with E-state index in [1.807, 2.05) is 0 Å². The molecule has 1 aliphatic rings. The Morgan fingerprint density at radius 3 is 3.10 bits per heavy atom. The quantitative estimate of drug-likeness (QED) is 0.547. The Hall–Kier alpha value is -0.0400. The molecule has 0 aromatic heterocycles. The van der Waals surface area contributed by atoms with Gasteiger partial charge in [0.15, 0.2) is 0 Å². The van der Waals surface area contributed by atoms with Gasteiger partial charge < -0.3 is 4.74 Å². The number of hydrogen-bond donors (Lipinski definition) is 0. The Bertz CT molecular complexity index is 74.8. The molecule has 1 saturated heterocycles. The number of ether oxygens (including phenoxy) is 1. The minimum atomic E-state index is 0.492. The van der Waals surface area contributed by atoms with E-state index in [1.54, 1.807) is 0 Å². The normalized spacial score (nSPS) is 25.5. The van der Waals surface area contributed by atoms with Gasteiger partial charge >= 0.3 is 0 Å².